The topological polar surface area (TPSA) is 92.7 Å². The number of carboxylic acids is 1. The van der Waals surface area contributed by atoms with E-state index >= 15 is 0 Å². The van der Waals surface area contributed by atoms with E-state index in [1.807, 2.05) is 0 Å². The largest absolute Gasteiger partial charge is 0.481 e. The second kappa shape index (κ2) is 6.31. The predicted octanol–water partition coefficient (Wildman–Crippen LogP) is 1.29. The molecule has 2 N–H and O–H groups in total. The lowest BCUT2D eigenvalue weighted by atomic mass is 9.80. The van der Waals surface area contributed by atoms with E-state index in [1.54, 1.807) is 0 Å². The van der Waals surface area contributed by atoms with Crippen LogP contribution < -0.4 is 4.72 Å². The molecule has 0 bridgehead atoms. The minimum Gasteiger partial charge on any atom is -0.481 e. The highest BCUT2D eigenvalue weighted by atomic mass is 32.2. The summed E-state index contributed by atoms with van der Waals surface area (Å²) in [5.74, 6) is -1.57. The quantitative estimate of drug-likeness (QED) is 0.848. The molecule has 1 saturated heterocycles. The van der Waals surface area contributed by atoms with Crippen molar-refractivity contribution >= 4 is 16.0 Å². The first-order valence-electron chi connectivity index (χ1n) is 6.84. The van der Waals surface area contributed by atoms with E-state index in [2.05, 4.69) is 4.72 Å². The van der Waals surface area contributed by atoms with Gasteiger partial charge in [-0.15, -0.1) is 0 Å². The molecule has 1 aromatic rings. The number of nitrogens with one attached hydrogen (secondary N) is 1. The van der Waals surface area contributed by atoms with Gasteiger partial charge in [0.2, 0.25) is 10.0 Å². The van der Waals surface area contributed by atoms with Crippen molar-refractivity contribution in [3.63, 3.8) is 0 Å². The fourth-order valence-corrected chi connectivity index (χ4v) is 3.81. The highest BCUT2D eigenvalue weighted by Crippen LogP contribution is 2.30. The van der Waals surface area contributed by atoms with Crippen LogP contribution in [0.2, 0.25) is 0 Å². The number of aliphatic carboxylic acids is 1. The van der Waals surface area contributed by atoms with Gasteiger partial charge in [0.15, 0.2) is 0 Å². The lowest BCUT2D eigenvalue weighted by Crippen LogP contribution is -2.46. The number of ether oxygens (including phenoxy) is 1. The van der Waals surface area contributed by atoms with Gasteiger partial charge in [-0.1, -0.05) is 0 Å². The first-order valence-corrected chi connectivity index (χ1v) is 8.32. The third-order valence-electron chi connectivity index (χ3n) is 3.93. The van der Waals surface area contributed by atoms with E-state index in [4.69, 9.17) is 4.74 Å². The van der Waals surface area contributed by atoms with Crippen molar-refractivity contribution in [2.24, 2.45) is 5.41 Å². The van der Waals surface area contributed by atoms with E-state index in [0.717, 1.165) is 12.1 Å². The van der Waals surface area contributed by atoms with Crippen molar-refractivity contribution in [1.82, 2.24) is 4.72 Å². The van der Waals surface area contributed by atoms with Crippen molar-refractivity contribution in [3.8, 4) is 0 Å². The first kappa shape index (κ1) is 16.9. The lowest BCUT2D eigenvalue weighted by molar-refractivity contribution is -0.154. The molecule has 0 saturated carbocycles. The zero-order valence-electron chi connectivity index (χ0n) is 12.1. The molecule has 0 spiro atoms. The van der Waals surface area contributed by atoms with E-state index < -0.39 is 27.2 Å². The monoisotopic (exact) mass is 331 g/mol. The molecule has 1 fully saturated rings. The third kappa shape index (κ3) is 3.45. The van der Waals surface area contributed by atoms with E-state index in [9.17, 15) is 22.7 Å². The molecule has 0 radical (unpaired) electrons. The Morgan fingerprint density at radius 1 is 1.41 bits per heavy atom. The molecule has 22 heavy (non-hydrogen) atoms. The van der Waals surface area contributed by atoms with Crippen molar-refractivity contribution < 1.29 is 27.4 Å². The van der Waals surface area contributed by atoms with Gasteiger partial charge in [0.1, 0.15) is 5.82 Å². The molecule has 1 aliphatic heterocycles. The Kier molecular flexibility index (Phi) is 4.84. The minimum atomic E-state index is -3.90. The highest BCUT2D eigenvalue weighted by Gasteiger charge is 2.41. The number of halogens is 1. The number of carbonyl (C=O) groups is 1. The molecule has 0 amide bonds. The summed E-state index contributed by atoms with van der Waals surface area (Å²) in [6.45, 7) is 1.83. The van der Waals surface area contributed by atoms with Gasteiger partial charge in [0.05, 0.1) is 10.3 Å². The number of benzene rings is 1. The molecule has 8 heteroatoms. The number of rotatable bonds is 5. The maximum Gasteiger partial charge on any atom is 0.311 e. The van der Waals surface area contributed by atoms with Crippen LogP contribution in [0.3, 0.4) is 0 Å². The molecule has 6 nitrogen and oxygen atoms in total. The molecular weight excluding hydrogens is 313 g/mol. The van der Waals surface area contributed by atoms with Gasteiger partial charge in [0.25, 0.3) is 0 Å². The van der Waals surface area contributed by atoms with Crippen molar-refractivity contribution in [1.29, 1.82) is 0 Å². The van der Waals surface area contributed by atoms with Crippen LogP contribution in [0.15, 0.2) is 23.1 Å². The smallest absolute Gasteiger partial charge is 0.311 e. The van der Waals surface area contributed by atoms with Crippen molar-refractivity contribution in [3.05, 3.63) is 29.6 Å². The number of carboxylic acid groups (broad SMARTS) is 1. The summed E-state index contributed by atoms with van der Waals surface area (Å²) in [4.78, 5) is 11.4. The summed E-state index contributed by atoms with van der Waals surface area (Å²) in [5, 5.41) is 9.41. The predicted molar refractivity (Wildman–Crippen MR) is 76.4 cm³/mol. The van der Waals surface area contributed by atoms with Crippen molar-refractivity contribution in [2.45, 2.75) is 24.7 Å². The van der Waals surface area contributed by atoms with Crippen LogP contribution in [0.5, 0.6) is 0 Å². The van der Waals surface area contributed by atoms with Crippen LogP contribution in [0.4, 0.5) is 4.39 Å². The van der Waals surface area contributed by atoms with Crippen LogP contribution in [0.25, 0.3) is 0 Å². The fourth-order valence-electron chi connectivity index (χ4n) is 2.45. The SMILES string of the molecule is Cc1cc(F)ccc1S(=O)(=O)NCC1(C(=O)O)CCOCC1. The number of hydrogen-bond donors (Lipinski definition) is 2. The normalized spacial score (nSPS) is 18.1. The molecule has 1 heterocycles. The summed E-state index contributed by atoms with van der Waals surface area (Å²) < 4.78 is 45.2. The zero-order valence-corrected chi connectivity index (χ0v) is 13.0. The second-order valence-corrected chi connectivity index (χ2v) is 7.17. The van der Waals surface area contributed by atoms with Crippen LogP contribution in [-0.2, 0) is 19.6 Å². The standard InChI is InChI=1S/C14H18FNO5S/c1-10-8-11(15)2-3-12(10)22(19,20)16-9-14(13(17)18)4-6-21-7-5-14/h2-3,8,16H,4-7,9H2,1H3,(H,17,18). The first-order chi connectivity index (χ1) is 10.3. The van der Waals surface area contributed by atoms with Gasteiger partial charge in [0, 0.05) is 19.8 Å². The van der Waals surface area contributed by atoms with Crippen LogP contribution in [-0.4, -0.2) is 39.3 Å². The number of aryl methyl sites for hydroxylation is 1. The average molecular weight is 331 g/mol. The maximum absolute atomic E-state index is 13.1. The Hall–Kier alpha value is -1.51. The van der Waals surface area contributed by atoms with Gasteiger partial charge in [-0.25, -0.2) is 17.5 Å². The summed E-state index contributed by atoms with van der Waals surface area (Å²) in [6, 6.07) is 3.35. The molecule has 0 atom stereocenters. The van der Waals surface area contributed by atoms with Crippen molar-refractivity contribution in [2.75, 3.05) is 19.8 Å². The van der Waals surface area contributed by atoms with Gasteiger partial charge in [-0.3, -0.25) is 4.79 Å². The summed E-state index contributed by atoms with van der Waals surface area (Å²) >= 11 is 0. The maximum atomic E-state index is 13.1. The molecule has 122 valence electrons. The summed E-state index contributed by atoms with van der Waals surface area (Å²) in [7, 11) is -3.90. The van der Waals surface area contributed by atoms with E-state index in [0.29, 0.717) is 0 Å². The third-order valence-corrected chi connectivity index (χ3v) is 5.49. The number of hydrogen-bond acceptors (Lipinski definition) is 4. The Morgan fingerprint density at radius 2 is 2.05 bits per heavy atom. The fraction of sp³-hybridized carbons (Fsp3) is 0.500. The van der Waals surface area contributed by atoms with Crippen LogP contribution >= 0.6 is 0 Å². The van der Waals surface area contributed by atoms with Gasteiger partial charge >= 0.3 is 5.97 Å². The lowest BCUT2D eigenvalue weighted by Gasteiger charge is -2.33. The molecular formula is C14H18FNO5S. The number of sulfonamides is 1. The molecule has 0 unspecified atom stereocenters. The molecule has 1 aliphatic rings. The van der Waals surface area contributed by atoms with Gasteiger partial charge in [-0.2, -0.15) is 0 Å². The Balaban J connectivity index is 2.19. The Bertz CT molecular complexity index is 668. The average Bonchev–Trinajstić information content (AvgIpc) is 2.45. The minimum absolute atomic E-state index is 0.0542. The molecule has 2 rings (SSSR count). The zero-order chi connectivity index (χ0) is 16.4. The molecule has 0 aliphatic carbocycles. The Labute approximate surface area is 128 Å². The Morgan fingerprint density at radius 3 is 2.59 bits per heavy atom. The van der Waals surface area contributed by atoms with E-state index in [-0.39, 0.29) is 43.1 Å². The second-order valence-electron chi connectivity index (χ2n) is 5.43. The summed E-state index contributed by atoms with van der Waals surface area (Å²) in [6.07, 6.45) is 0.487. The van der Waals surface area contributed by atoms with E-state index in [1.165, 1.54) is 13.0 Å². The summed E-state index contributed by atoms with van der Waals surface area (Å²) in [5.41, 5.74) is -0.900. The van der Waals surface area contributed by atoms with Crippen LogP contribution in [0.1, 0.15) is 18.4 Å². The molecule has 1 aromatic carbocycles. The van der Waals surface area contributed by atoms with Crippen LogP contribution in [0, 0.1) is 18.2 Å². The highest BCUT2D eigenvalue weighted by molar-refractivity contribution is 7.89. The molecule has 0 aromatic heterocycles. The van der Waals surface area contributed by atoms with Gasteiger partial charge in [-0.05, 0) is 43.5 Å². The van der Waals surface area contributed by atoms with Gasteiger partial charge < -0.3 is 9.84 Å².